The maximum atomic E-state index is 12.9. The van der Waals surface area contributed by atoms with Crippen LogP contribution in [0.3, 0.4) is 0 Å². The van der Waals surface area contributed by atoms with E-state index in [1.165, 1.54) is 17.7 Å². The molecular formula is C21H25FN2O2. The van der Waals surface area contributed by atoms with Crippen molar-refractivity contribution in [2.24, 2.45) is 5.73 Å². The summed E-state index contributed by atoms with van der Waals surface area (Å²) in [5.41, 5.74) is 8.27. The van der Waals surface area contributed by atoms with E-state index in [9.17, 15) is 14.0 Å². The fraction of sp³-hybridized carbons (Fsp3) is 0.333. The number of carbonyl (C=O) groups excluding carboxylic acids is 2. The Balaban J connectivity index is 2.01. The number of hydrogen-bond acceptors (Lipinski definition) is 2. The van der Waals surface area contributed by atoms with Crippen molar-refractivity contribution in [2.75, 3.05) is 0 Å². The molecule has 26 heavy (non-hydrogen) atoms. The number of nitrogens with two attached hydrogens (primary N) is 1. The first-order valence-electron chi connectivity index (χ1n) is 8.57. The Morgan fingerprint density at radius 2 is 1.54 bits per heavy atom. The van der Waals surface area contributed by atoms with Crippen LogP contribution in [0, 0.1) is 5.82 Å². The molecule has 5 heteroatoms. The first-order valence-corrected chi connectivity index (χ1v) is 8.57. The van der Waals surface area contributed by atoms with Crippen LogP contribution in [0.1, 0.15) is 37.5 Å². The van der Waals surface area contributed by atoms with E-state index in [0.717, 1.165) is 5.56 Å². The molecule has 4 nitrogen and oxygen atoms in total. The van der Waals surface area contributed by atoms with E-state index in [2.05, 4.69) is 26.1 Å². The number of halogens is 1. The molecule has 0 aromatic heterocycles. The third-order valence-corrected chi connectivity index (χ3v) is 4.22. The highest BCUT2D eigenvalue weighted by Crippen LogP contribution is 2.22. The Hall–Kier alpha value is -2.69. The SMILES string of the molecule is CC(C)(C)c1ccc(C[C@@H](NC(=O)Cc2ccc(F)cc2)C(N)=O)cc1. The van der Waals surface area contributed by atoms with Gasteiger partial charge in [-0.2, -0.15) is 0 Å². The van der Waals surface area contributed by atoms with E-state index in [-0.39, 0.29) is 23.6 Å². The summed E-state index contributed by atoms with van der Waals surface area (Å²) >= 11 is 0. The zero-order chi connectivity index (χ0) is 19.3. The number of carbonyl (C=O) groups is 2. The summed E-state index contributed by atoms with van der Waals surface area (Å²) < 4.78 is 12.9. The summed E-state index contributed by atoms with van der Waals surface area (Å²) in [5, 5.41) is 2.67. The predicted octanol–water partition coefficient (Wildman–Crippen LogP) is 2.88. The van der Waals surface area contributed by atoms with Gasteiger partial charge in [0.05, 0.1) is 6.42 Å². The minimum absolute atomic E-state index is 0.0466. The van der Waals surface area contributed by atoms with Gasteiger partial charge in [0.15, 0.2) is 0 Å². The summed E-state index contributed by atoms with van der Waals surface area (Å²) in [6, 6.07) is 12.8. The third kappa shape index (κ3) is 5.69. The van der Waals surface area contributed by atoms with Crippen LogP contribution in [0.2, 0.25) is 0 Å². The van der Waals surface area contributed by atoms with Gasteiger partial charge in [0.1, 0.15) is 11.9 Å². The van der Waals surface area contributed by atoms with Gasteiger partial charge in [-0.25, -0.2) is 4.39 Å². The van der Waals surface area contributed by atoms with Gasteiger partial charge in [-0.15, -0.1) is 0 Å². The van der Waals surface area contributed by atoms with Crippen LogP contribution in [0.15, 0.2) is 48.5 Å². The molecule has 0 fully saturated rings. The topological polar surface area (TPSA) is 72.2 Å². The first-order chi connectivity index (χ1) is 12.1. The molecule has 1 atom stereocenters. The molecule has 3 N–H and O–H groups in total. The lowest BCUT2D eigenvalue weighted by Gasteiger charge is -2.20. The van der Waals surface area contributed by atoms with E-state index in [1.807, 2.05) is 24.3 Å². The quantitative estimate of drug-likeness (QED) is 0.835. The molecule has 0 aliphatic heterocycles. The standard InChI is InChI=1S/C21H25FN2O2/c1-21(2,3)16-8-4-14(5-9-16)12-18(20(23)26)24-19(25)13-15-6-10-17(22)11-7-15/h4-11,18H,12-13H2,1-3H3,(H2,23,26)(H,24,25)/t18-/m1/s1. The van der Waals surface area contributed by atoms with Crippen molar-refractivity contribution in [3.8, 4) is 0 Å². The van der Waals surface area contributed by atoms with E-state index >= 15 is 0 Å². The maximum Gasteiger partial charge on any atom is 0.240 e. The number of benzene rings is 2. The molecular weight excluding hydrogens is 331 g/mol. The molecule has 0 spiro atoms. The Labute approximate surface area is 153 Å². The Kier molecular flexibility index (Phi) is 6.14. The van der Waals surface area contributed by atoms with Crippen LogP contribution < -0.4 is 11.1 Å². The average molecular weight is 356 g/mol. The van der Waals surface area contributed by atoms with Crippen LogP contribution in [0.4, 0.5) is 4.39 Å². The van der Waals surface area contributed by atoms with Crippen molar-refractivity contribution in [2.45, 2.75) is 45.1 Å². The van der Waals surface area contributed by atoms with E-state index in [1.54, 1.807) is 12.1 Å². The zero-order valence-electron chi connectivity index (χ0n) is 15.4. The third-order valence-electron chi connectivity index (χ3n) is 4.22. The second kappa shape index (κ2) is 8.13. The normalized spacial score (nSPS) is 12.5. The van der Waals surface area contributed by atoms with Gasteiger partial charge in [-0.3, -0.25) is 9.59 Å². The molecule has 0 bridgehead atoms. The van der Waals surface area contributed by atoms with Crippen molar-refractivity contribution >= 4 is 11.8 Å². The Bertz CT molecular complexity index is 762. The van der Waals surface area contributed by atoms with Crippen LogP contribution in [0.25, 0.3) is 0 Å². The van der Waals surface area contributed by atoms with Gasteiger partial charge >= 0.3 is 0 Å². The molecule has 0 saturated heterocycles. The highest BCUT2D eigenvalue weighted by Gasteiger charge is 2.19. The van der Waals surface area contributed by atoms with Crippen molar-refractivity contribution in [1.82, 2.24) is 5.32 Å². The number of hydrogen-bond donors (Lipinski definition) is 2. The number of amides is 2. The highest BCUT2D eigenvalue weighted by atomic mass is 19.1. The molecule has 0 radical (unpaired) electrons. The van der Waals surface area contributed by atoms with Gasteiger partial charge in [-0.05, 0) is 34.2 Å². The van der Waals surface area contributed by atoms with Gasteiger partial charge in [0.2, 0.25) is 11.8 Å². The van der Waals surface area contributed by atoms with E-state index in [4.69, 9.17) is 5.73 Å². The van der Waals surface area contributed by atoms with Crippen molar-refractivity contribution < 1.29 is 14.0 Å². The molecule has 2 aromatic carbocycles. The Morgan fingerprint density at radius 3 is 2.04 bits per heavy atom. The largest absolute Gasteiger partial charge is 0.368 e. The first kappa shape index (κ1) is 19.6. The fourth-order valence-corrected chi connectivity index (χ4v) is 2.63. The van der Waals surface area contributed by atoms with Crippen LogP contribution in [0.5, 0.6) is 0 Å². The molecule has 2 rings (SSSR count). The summed E-state index contributed by atoms with van der Waals surface area (Å²) in [7, 11) is 0. The summed E-state index contributed by atoms with van der Waals surface area (Å²) in [5.74, 6) is -1.27. The smallest absolute Gasteiger partial charge is 0.240 e. The molecule has 2 aromatic rings. The monoisotopic (exact) mass is 356 g/mol. The lowest BCUT2D eigenvalue weighted by molar-refractivity contribution is -0.127. The van der Waals surface area contributed by atoms with Crippen LogP contribution in [-0.4, -0.2) is 17.9 Å². The minimum atomic E-state index is -0.788. The second-order valence-electron chi connectivity index (χ2n) is 7.48. The summed E-state index contributed by atoms with van der Waals surface area (Å²) in [4.78, 5) is 23.9. The minimum Gasteiger partial charge on any atom is -0.368 e. The molecule has 0 unspecified atom stereocenters. The Morgan fingerprint density at radius 1 is 1.00 bits per heavy atom. The van der Waals surface area contributed by atoms with Crippen molar-refractivity contribution in [3.05, 3.63) is 71.0 Å². The van der Waals surface area contributed by atoms with Gasteiger partial charge in [0.25, 0.3) is 0 Å². The predicted molar refractivity (Wildman–Crippen MR) is 100 cm³/mol. The zero-order valence-corrected chi connectivity index (χ0v) is 15.4. The van der Waals surface area contributed by atoms with Crippen LogP contribution in [-0.2, 0) is 27.8 Å². The molecule has 0 aliphatic rings. The number of nitrogens with one attached hydrogen (secondary N) is 1. The van der Waals surface area contributed by atoms with Crippen molar-refractivity contribution in [1.29, 1.82) is 0 Å². The van der Waals surface area contributed by atoms with Gasteiger partial charge in [-0.1, -0.05) is 57.2 Å². The van der Waals surface area contributed by atoms with Crippen molar-refractivity contribution in [3.63, 3.8) is 0 Å². The lowest BCUT2D eigenvalue weighted by Crippen LogP contribution is -2.46. The molecule has 2 amide bonds. The molecule has 0 saturated carbocycles. The van der Waals surface area contributed by atoms with Gasteiger partial charge in [0, 0.05) is 6.42 Å². The van der Waals surface area contributed by atoms with Crippen LogP contribution >= 0.6 is 0 Å². The second-order valence-corrected chi connectivity index (χ2v) is 7.48. The fourth-order valence-electron chi connectivity index (χ4n) is 2.63. The molecule has 138 valence electrons. The highest BCUT2D eigenvalue weighted by molar-refractivity contribution is 5.87. The molecule has 0 aliphatic carbocycles. The summed E-state index contributed by atoms with van der Waals surface area (Å²) in [6.45, 7) is 6.39. The summed E-state index contributed by atoms with van der Waals surface area (Å²) in [6.07, 6.45) is 0.391. The maximum absolute atomic E-state index is 12.9. The average Bonchev–Trinajstić information content (AvgIpc) is 2.56. The number of rotatable bonds is 6. The van der Waals surface area contributed by atoms with E-state index < -0.39 is 11.9 Å². The number of primary amides is 1. The molecule has 0 heterocycles. The lowest BCUT2D eigenvalue weighted by atomic mass is 9.86. The van der Waals surface area contributed by atoms with E-state index in [0.29, 0.717) is 12.0 Å². The van der Waals surface area contributed by atoms with Gasteiger partial charge < -0.3 is 11.1 Å².